The molecule has 0 saturated heterocycles. The van der Waals surface area contributed by atoms with Crippen molar-refractivity contribution in [3.63, 3.8) is 0 Å². The summed E-state index contributed by atoms with van der Waals surface area (Å²) in [6.07, 6.45) is 3.76. The molecular weight excluding hydrogens is 352 g/mol. The first-order chi connectivity index (χ1) is 13.7. The minimum absolute atomic E-state index is 0.319. The zero-order valence-corrected chi connectivity index (χ0v) is 17.2. The van der Waals surface area contributed by atoms with Crippen LogP contribution in [0.1, 0.15) is 43.9 Å². The largest absolute Gasteiger partial charge is 0.493 e. The Morgan fingerprint density at radius 1 is 1.32 bits per heavy atom. The number of aliphatic imine (C=N–C) groups is 1. The Bertz CT molecular complexity index is 785. The zero-order chi connectivity index (χ0) is 19.8. The fraction of sp³-hybridized carbons (Fsp3) is 0.571. The molecule has 1 aliphatic rings. The van der Waals surface area contributed by atoms with E-state index in [4.69, 9.17) is 9.73 Å². The molecular formula is C21H32N6O. The Balaban J connectivity index is 1.47. The maximum Gasteiger partial charge on any atom is 0.191 e. The maximum absolute atomic E-state index is 5.85. The Hall–Kier alpha value is -2.57. The van der Waals surface area contributed by atoms with Crippen molar-refractivity contribution in [3.05, 3.63) is 41.5 Å². The Labute approximate surface area is 167 Å². The fourth-order valence-corrected chi connectivity index (χ4v) is 3.30. The summed E-state index contributed by atoms with van der Waals surface area (Å²) >= 11 is 0. The Morgan fingerprint density at radius 3 is 2.96 bits per heavy atom. The van der Waals surface area contributed by atoms with Crippen LogP contribution in [0.3, 0.4) is 0 Å². The van der Waals surface area contributed by atoms with Gasteiger partial charge in [-0.25, -0.2) is 9.67 Å². The van der Waals surface area contributed by atoms with Gasteiger partial charge in [0, 0.05) is 38.4 Å². The first kappa shape index (κ1) is 20.2. The van der Waals surface area contributed by atoms with E-state index in [1.54, 1.807) is 0 Å². The number of rotatable bonds is 8. The summed E-state index contributed by atoms with van der Waals surface area (Å²) in [7, 11) is 0. The van der Waals surface area contributed by atoms with Crippen molar-refractivity contribution < 1.29 is 4.74 Å². The maximum atomic E-state index is 5.85. The Morgan fingerprint density at radius 2 is 2.18 bits per heavy atom. The summed E-state index contributed by atoms with van der Waals surface area (Å²) in [4.78, 5) is 9.29. The normalized spacial score (nSPS) is 16.5. The zero-order valence-electron chi connectivity index (χ0n) is 17.2. The van der Waals surface area contributed by atoms with Crippen molar-refractivity contribution in [3.8, 4) is 5.75 Å². The SMILES string of the molecule is CCNC(=NCCCOc1ccccc1C)NC1CCc2nc(CC)nn2C1. The summed E-state index contributed by atoms with van der Waals surface area (Å²) in [6, 6.07) is 8.42. The molecule has 2 aromatic rings. The molecule has 1 aromatic carbocycles. The van der Waals surface area contributed by atoms with Gasteiger partial charge in [0.1, 0.15) is 11.6 Å². The molecule has 0 amide bonds. The number of nitrogens with zero attached hydrogens (tertiary/aromatic N) is 4. The predicted molar refractivity (Wildman–Crippen MR) is 112 cm³/mol. The molecule has 0 aliphatic carbocycles. The number of aryl methyl sites for hydroxylation is 3. The first-order valence-corrected chi connectivity index (χ1v) is 10.4. The highest BCUT2D eigenvalue weighted by Crippen LogP contribution is 2.16. The first-order valence-electron chi connectivity index (χ1n) is 10.4. The van der Waals surface area contributed by atoms with Gasteiger partial charge in [0.2, 0.25) is 0 Å². The molecule has 1 aromatic heterocycles. The third-order valence-corrected chi connectivity index (χ3v) is 4.83. The van der Waals surface area contributed by atoms with Crippen LogP contribution in [0.25, 0.3) is 0 Å². The number of benzene rings is 1. The number of guanidine groups is 1. The van der Waals surface area contributed by atoms with E-state index in [0.29, 0.717) is 12.6 Å². The molecule has 152 valence electrons. The van der Waals surface area contributed by atoms with Crippen LogP contribution < -0.4 is 15.4 Å². The molecule has 1 atom stereocenters. The van der Waals surface area contributed by atoms with Gasteiger partial charge in [-0.3, -0.25) is 4.99 Å². The van der Waals surface area contributed by atoms with Crippen LogP contribution >= 0.6 is 0 Å². The van der Waals surface area contributed by atoms with Crippen molar-refractivity contribution in [2.75, 3.05) is 19.7 Å². The highest BCUT2D eigenvalue weighted by molar-refractivity contribution is 5.80. The number of hydrogen-bond acceptors (Lipinski definition) is 4. The van der Waals surface area contributed by atoms with Gasteiger partial charge in [0.25, 0.3) is 0 Å². The predicted octanol–water partition coefficient (Wildman–Crippen LogP) is 2.49. The van der Waals surface area contributed by atoms with Gasteiger partial charge in [-0.1, -0.05) is 25.1 Å². The molecule has 1 unspecified atom stereocenters. The van der Waals surface area contributed by atoms with Crippen molar-refractivity contribution in [1.29, 1.82) is 0 Å². The highest BCUT2D eigenvalue weighted by Gasteiger charge is 2.21. The molecule has 0 bridgehead atoms. The Kier molecular flexibility index (Phi) is 7.28. The molecule has 7 nitrogen and oxygen atoms in total. The molecule has 28 heavy (non-hydrogen) atoms. The second kappa shape index (κ2) is 10.1. The number of fused-ring (bicyclic) bond motifs is 1. The summed E-state index contributed by atoms with van der Waals surface area (Å²) in [6.45, 7) is 9.31. The van der Waals surface area contributed by atoms with Crippen LogP contribution in [0.4, 0.5) is 0 Å². The lowest BCUT2D eigenvalue weighted by atomic mass is 10.1. The average molecular weight is 385 g/mol. The summed E-state index contributed by atoms with van der Waals surface area (Å²) in [5.41, 5.74) is 1.16. The lowest BCUT2D eigenvalue weighted by molar-refractivity contribution is 0.311. The summed E-state index contributed by atoms with van der Waals surface area (Å²) < 4.78 is 7.89. The molecule has 1 aliphatic heterocycles. The van der Waals surface area contributed by atoms with Crippen LogP contribution in [0, 0.1) is 6.92 Å². The van der Waals surface area contributed by atoms with E-state index in [-0.39, 0.29) is 0 Å². The van der Waals surface area contributed by atoms with Crippen LogP contribution in [0.5, 0.6) is 5.75 Å². The number of ether oxygens (including phenoxy) is 1. The average Bonchev–Trinajstić information content (AvgIpc) is 3.11. The number of para-hydroxylation sites is 1. The molecule has 2 heterocycles. The highest BCUT2D eigenvalue weighted by atomic mass is 16.5. The second-order valence-corrected chi connectivity index (χ2v) is 7.09. The van der Waals surface area contributed by atoms with Crippen LogP contribution in [-0.4, -0.2) is 46.5 Å². The van der Waals surface area contributed by atoms with Crippen LogP contribution in [-0.2, 0) is 19.4 Å². The standard InChI is InChI=1S/C21H32N6O/c1-4-19-25-20-12-11-17(15-27(20)26-19)24-21(22-5-2)23-13-8-14-28-18-10-7-6-9-16(18)3/h6-7,9-10,17H,4-5,8,11-15H2,1-3H3,(H2,22,23,24). The van der Waals surface area contributed by atoms with Crippen molar-refractivity contribution in [2.45, 2.75) is 59.0 Å². The molecule has 0 radical (unpaired) electrons. The molecule has 0 fully saturated rings. The van der Waals surface area contributed by atoms with Crippen molar-refractivity contribution in [2.24, 2.45) is 4.99 Å². The fourth-order valence-electron chi connectivity index (χ4n) is 3.30. The minimum Gasteiger partial charge on any atom is -0.493 e. The summed E-state index contributed by atoms with van der Waals surface area (Å²) in [5, 5.41) is 11.5. The lowest BCUT2D eigenvalue weighted by Crippen LogP contribution is -2.47. The number of aromatic nitrogens is 3. The third-order valence-electron chi connectivity index (χ3n) is 4.83. The van der Waals surface area contributed by atoms with E-state index in [2.05, 4.69) is 47.6 Å². The summed E-state index contributed by atoms with van der Waals surface area (Å²) in [5.74, 6) is 3.85. The quantitative estimate of drug-likeness (QED) is 0.415. The molecule has 7 heteroatoms. The molecule has 0 spiro atoms. The van der Waals surface area contributed by atoms with E-state index in [1.165, 1.54) is 0 Å². The van der Waals surface area contributed by atoms with Crippen molar-refractivity contribution in [1.82, 2.24) is 25.4 Å². The van der Waals surface area contributed by atoms with Gasteiger partial charge in [-0.15, -0.1) is 0 Å². The smallest absolute Gasteiger partial charge is 0.191 e. The van der Waals surface area contributed by atoms with Crippen LogP contribution in [0.2, 0.25) is 0 Å². The van der Waals surface area contributed by atoms with Gasteiger partial charge >= 0.3 is 0 Å². The topological polar surface area (TPSA) is 76.4 Å². The minimum atomic E-state index is 0.319. The molecule has 2 N–H and O–H groups in total. The second-order valence-electron chi connectivity index (χ2n) is 7.09. The van der Waals surface area contributed by atoms with E-state index < -0.39 is 0 Å². The van der Waals surface area contributed by atoms with Gasteiger partial charge in [0.05, 0.1) is 13.2 Å². The molecule has 0 saturated carbocycles. The van der Waals surface area contributed by atoms with E-state index >= 15 is 0 Å². The van der Waals surface area contributed by atoms with E-state index in [9.17, 15) is 0 Å². The van der Waals surface area contributed by atoms with Gasteiger partial charge in [-0.2, -0.15) is 5.10 Å². The van der Waals surface area contributed by atoms with Gasteiger partial charge < -0.3 is 15.4 Å². The molecule has 3 rings (SSSR count). The van der Waals surface area contributed by atoms with E-state index in [1.807, 2.05) is 22.9 Å². The third kappa shape index (κ3) is 5.47. The van der Waals surface area contributed by atoms with Gasteiger partial charge in [-0.05, 0) is 31.9 Å². The van der Waals surface area contributed by atoms with Crippen molar-refractivity contribution >= 4 is 5.96 Å². The van der Waals surface area contributed by atoms with Gasteiger partial charge in [0.15, 0.2) is 11.8 Å². The monoisotopic (exact) mass is 384 g/mol. The lowest BCUT2D eigenvalue weighted by Gasteiger charge is -2.25. The van der Waals surface area contributed by atoms with E-state index in [0.717, 1.165) is 74.2 Å². The van der Waals surface area contributed by atoms with Crippen LogP contribution in [0.15, 0.2) is 29.3 Å². The number of hydrogen-bond donors (Lipinski definition) is 2. The number of nitrogens with one attached hydrogen (secondary N) is 2.